The van der Waals surface area contributed by atoms with Gasteiger partial charge in [-0.2, -0.15) is 0 Å². The van der Waals surface area contributed by atoms with Gasteiger partial charge >= 0.3 is 5.97 Å². The first-order chi connectivity index (χ1) is 15.0. The fourth-order valence-corrected chi connectivity index (χ4v) is 3.34. The fraction of sp³-hybridized carbons (Fsp3) is 0.167. The first-order valence-corrected chi connectivity index (χ1v) is 9.99. The molecule has 7 heteroatoms. The Hall–Kier alpha value is -3.35. The van der Waals surface area contributed by atoms with Crippen molar-refractivity contribution in [3.63, 3.8) is 0 Å². The van der Waals surface area contributed by atoms with Gasteiger partial charge in [-0.15, -0.1) is 0 Å². The number of nitrogens with one attached hydrogen (secondary N) is 2. The molecule has 0 saturated heterocycles. The molecule has 0 heterocycles. The minimum atomic E-state index is -0.403. The number of esters is 1. The smallest absolute Gasteiger partial charge is 0.319 e. The normalized spacial score (nSPS) is 11.5. The molecule has 3 aromatic rings. The lowest BCUT2D eigenvalue weighted by Gasteiger charge is -2.23. The van der Waals surface area contributed by atoms with E-state index in [1.54, 1.807) is 49.6 Å². The summed E-state index contributed by atoms with van der Waals surface area (Å²) >= 11 is 6.28. The van der Waals surface area contributed by atoms with Crippen molar-refractivity contribution in [2.45, 2.75) is 6.04 Å². The van der Waals surface area contributed by atoms with Crippen molar-refractivity contribution in [3.8, 4) is 5.75 Å². The maximum absolute atomic E-state index is 12.9. The van der Waals surface area contributed by atoms with Crippen LogP contribution in [0.4, 0.5) is 5.69 Å². The van der Waals surface area contributed by atoms with Crippen molar-refractivity contribution < 1.29 is 19.1 Å². The van der Waals surface area contributed by atoms with E-state index < -0.39 is 12.0 Å². The average Bonchev–Trinajstić information content (AvgIpc) is 2.81. The van der Waals surface area contributed by atoms with E-state index in [0.29, 0.717) is 22.0 Å². The van der Waals surface area contributed by atoms with E-state index in [9.17, 15) is 9.59 Å². The molecular formula is C24H23ClN2O4. The standard InChI is InChI=1S/C24H23ClN2O4/c1-30-19-10-6-9-17(13-19)24(29)27-21-12-11-18(25)14-20(21)23(26-15-22(28)31-2)16-7-4-3-5-8-16/h3-14,23,26H,15H2,1-2H3,(H,27,29)/t23-/m1/s1. The highest BCUT2D eigenvalue weighted by atomic mass is 35.5. The van der Waals surface area contributed by atoms with Crippen LogP contribution in [0.5, 0.6) is 5.75 Å². The Balaban J connectivity index is 1.96. The number of hydrogen-bond acceptors (Lipinski definition) is 5. The van der Waals surface area contributed by atoms with E-state index in [1.165, 1.54) is 7.11 Å². The molecule has 0 aromatic heterocycles. The largest absolute Gasteiger partial charge is 0.497 e. The van der Waals surface area contributed by atoms with Crippen LogP contribution >= 0.6 is 11.6 Å². The molecule has 0 radical (unpaired) electrons. The molecule has 3 aromatic carbocycles. The molecule has 0 unspecified atom stereocenters. The van der Waals surface area contributed by atoms with Gasteiger partial charge < -0.3 is 14.8 Å². The Bertz CT molecular complexity index is 1060. The molecule has 3 rings (SSSR count). The van der Waals surface area contributed by atoms with Crippen molar-refractivity contribution in [2.75, 3.05) is 26.1 Å². The lowest BCUT2D eigenvalue weighted by atomic mass is 9.96. The fourth-order valence-electron chi connectivity index (χ4n) is 3.16. The van der Waals surface area contributed by atoms with E-state index in [-0.39, 0.29) is 12.5 Å². The van der Waals surface area contributed by atoms with Crippen LogP contribution in [0, 0.1) is 0 Å². The van der Waals surface area contributed by atoms with Crippen molar-refractivity contribution in [1.82, 2.24) is 5.32 Å². The predicted molar refractivity (Wildman–Crippen MR) is 121 cm³/mol. The predicted octanol–water partition coefficient (Wildman–Crippen LogP) is 4.45. The van der Waals surface area contributed by atoms with Crippen LogP contribution in [0.15, 0.2) is 72.8 Å². The summed E-state index contributed by atoms with van der Waals surface area (Å²) in [4.78, 5) is 24.7. The van der Waals surface area contributed by atoms with Gasteiger partial charge in [0.1, 0.15) is 5.75 Å². The molecule has 0 saturated carbocycles. The van der Waals surface area contributed by atoms with Gasteiger partial charge in [0.2, 0.25) is 0 Å². The Morgan fingerprint density at radius 1 is 0.968 bits per heavy atom. The van der Waals surface area contributed by atoms with Crippen molar-refractivity contribution in [1.29, 1.82) is 0 Å². The average molecular weight is 439 g/mol. The molecule has 6 nitrogen and oxygen atoms in total. The Kier molecular flexibility index (Phi) is 7.65. The maximum Gasteiger partial charge on any atom is 0.319 e. The van der Waals surface area contributed by atoms with Gasteiger partial charge in [-0.25, -0.2) is 0 Å². The van der Waals surface area contributed by atoms with Crippen LogP contribution in [-0.2, 0) is 9.53 Å². The molecule has 0 aliphatic rings. The number of carbonyl (C=O) groups excluding carboxylic acids is 2. The van der Waals surface area contributed by atoms with E-state index in [0.717, 1.165) is 11.1 Å². The summed E-state index contributed by atoms with van der Waals surface area (Å²) in [6.45, 7) is -0.00809. The summed E-state index contributed by atoms with van der Waals surface area (Å²) in [5, 5.41) is 6.65. The van der Waals surface area contributed by atoms with Gasteiger partial charge in [0.25, 0.3) is 5.91 Å². The summed E-state index contributed by atoms with van der Waals surface area (Å²) in [6.07, 6.45) is 0. The third kappa shape index (κ3) is 5.84. The number of anilines is 1. The van der Waals surface area contributed by atoms with E-state index in [4.69, 9.17) is 21.1 Å². The number of rotatable bonds is 8. The summed E-state index contributed by atoms with van der Waals surface area (Å²) in [7, 11) is 2.88. The molecule has 0 spiro atoms. The van der Waals surface area contributed by atoms with E-state index in [2.05, 4.69) is 10.6 Å². The Labute approximate surface area is 186 Å². The van der Waals surface area contributed by atoms with Crippen LogP contribution in [0.2, 0.25) is 5.02 Å². The van der Waals surface area contributed by atoms with Gasteiger partial charge in [-0.05, 0) is 47.5 Å². The molecule has 160 valence electrons. The van der Waals surface area contributed by atoms with Crippen molar-refractivity contribution in [2.24, 2.45) is 0 Å². The van der Waals surface area contributed by atoms with E-state index in [1.807, 2.05) is 30.3 Å². The molecule has 1 amide bonds. The van der Waals surface area contributed by atoms with Crippen molar-refractivity contribution in [3.05, 3.63) is 94.5 Å². The Morgan fingerprint density at radius 2 is 1.74 bits per heavy atom. The monoisotopic (exact) mass is 438 g/mol. The van der Waals surface area contributed by atoms with Crippen LogP contribution in [0.25, 0.3) is 0 Å². The summed E-state index contributed by atoms with van der Waals surface area (Å²) in [6, 6.07) is 21.3. The number of carbonyl (C=O) groups is 2. The topological polar surface area (TPSA) is 76.7 Å². The number of halogens is 1. The number of hydrogen-bond donors (Lipinski definition) is 2. The lowest BCUT2D eigenvalue weighted by molar-refractivity contribution is -0.139. The van der Waals surface area contributed by atoms with Crippen LogP contribution in [0.1, 0.15) is 27.5 Å². The second-order valence-corrected chi connectivity index (χ2v) is 7.15. The highest BCUT2D eigenvalue weighted by Crippen LogP contribution is 2.31. The molecule has 0 aliphatic carbocycles. The molecule has 0 bridgehead atoms. The van der Waals surface area contributed by atoms with Crippen LogP contribution in [-0.4, -0.2) is 32.6 Å². The number of benzene rings is 3. The molecule has 0 aliphatic heterocycles. The van der Waals surface area contributed by atoms with Crippen LogP contribution < -0.4 is 15.4 Å². The first-order valence-electron chi connectivity index (χ1n) is 9.62. The highest BCUT2D eigenvalue weighted by molar-refractivity contribution is 6.30. The number of ether oxygens (including phenoxy) is 2. The SMILES string of the molecule is COC(=O)CN[C@H](c1ccccc1)c1cc(Cl)ccc1NC(=O)c1cccc(OC)c1. The van der Waals surface area contributed by atoms with Crippen molar-refractivity contribution >= 4 is 29.2 Å². The maximum atomic E-state index is 12.9. The highest BCUT2D eigenvalue weighted by Gasteiger charge is 2.20. The van der Waals surface area contributed by atoms with Gasteiger partial charge in [0.05, 0.1) is 26.8 Å². The lowest BCUT2D eigenvalue weighted by Crippen LogP contribution is -2.30. The van der Waals surface area contributed by atoms with Gasteiger partial charge in [-0.3, -0.25) is 14.9 Å². The van der Waals surface area contributed by atoms with Gasteiger partial charge in [-0.1, -0.05) is 48.0 Å². The number of amides is 1. The third-order valence-electron chi connectivity index (χ3n) is 4.72. The molecule has 0 fully saturated rings. The van der Waals surface area contributed by atoms with Gasteiger partial charge in [0.15, 0.2) is 0 Å². The molecule has 2 N–H and O–H groups in total. The zero-order chi connectivity index (χ0) is 22.2. The zero-order valence-electron chi connectivity index (χ0n) is 17.2. The second kappa shape index (κ2) is 10.6. The Morgan fingerprint density at radius 3 is 2.45 bits per heavy atom. The summed E-state index contributed by atoms with van der Waals surface area (Å²) in [5.41, 5.74) is 2.66. The number of methoxy groups -OCH3 is 2. The first kappa shape index (κ1) is 22.3. The second-order valence-electron chi connectivity index (χ2n) is 6.72. The van der Waals surface area contributed by atoms with Crippen LogP contribution in [0.3, 0.4) is 0 Å². The quantitative estimate of drug-likeness (QED) is 0.508. The minimum Gasteiger partial charge on any atom is -0.497 e. The summed E-state index contributed by atoms with van der Waals surface area (Å²) in [5.74, 6) is -0.0990. The van der Waals surface area contributed by atoms with E-state index >= 15 is 0 Å². The molecule has 31 heavy (non-hydrogen) atoms. The summed E-state index contributed by atoms with van der Waals surface area (Å²) < 4.78 is 9.97. The zero-order valence-corrected chi connectivity index (χ0v) is 18.0. The molecular weight excluding hydrogens is 416 g/mol. The van der Waals surface area contributed by atoms with Gasteiger partial charge in [0, 0.05) is 16.3 Å². The molecule has 1 atom stereocenters. The minimum absolute atomic E-state index is 0.00809. The third-order valence-corrected chi connectivity index (χ3v) is 4.95.